The summed E-state index contributed by atoms with van der Waals surface area (Å²) >= 11 is 0. The third kappa shape index (κ3) is 22.1. The SMILES string of the molecule is CC/N=c1/cc2oc3cc(NCC)c(C)cc3c(-c3ccccc3C(=O)N(C)CCCC(=O)NCCNC(=O)c3cccc(OCC(OCCOCC(=O)NCC#Cc4cn([C@H]5CC(O[C@@H](C)OCC)[C@@H](COP(=O)(O)O)O5)c(=O)[nH]c4=O)SSC(C)(C)C)c3)c-2cc1C. The quantitative estimate of drug-likeness (QED) is 0.00519. The summed E-state index contributed by atoms with van der Waals surface area (Å²) in [4.78, 5) is 106. The van der Waals surface area contributed by atoms with Gasteiger partial charge in [-0.3, -0.25) is 43.0 Å². The molecule has 4 aromatic rings. The lowest BCUT2D eigenvalue weighted by Crippen LogP contribution is -2.35. The van der Waals surface area contributed by atoms with Crippen LogP contribution in [0.15, 0.2) is 98.0 Å². The van der Waals surface area contributed by atoms with Gasteiger partial charge in [0.15, 0.2) is 6.29 Å². The summed E-state index contributed by atoms with van der Waals surface area (Å²) in [6, 6.07) is 22.4. The van der Waals surface area contributed by atoms with E-state index in [2.05, 4.69) is 82.4 Å². The van der Waals surface area contributed by atoms with Gasteiger partial charge < -0.3 is 68.8 Å². The first-order valence-corrected chi connectivity index (χ1v) is 34.8. The van der Waals surface area contributed by atoms with Crippen LogP contribution in [0.4, 0.5) is 5.69 Å². The van der Waals surface area contributed by atoms with Crippen LogP contribution in [0.25, 0.3) is 33.4 Å². The number of aromatic amines is 1. The molecule has 7 rings (SSSR count). The van der Waals surface area contributed by atoms with E-state index in [9.17, 15) is 43.1 Å². The molecule has 2 aliphatic heterocycles. The number of rotatable bonds is 33. The summed E-state index contributed by atoms with van der Waals surface area (Å²) in [5, 5.41) is 13.4. The highest BCUT2D eigenvalue weighted by Gasteiger charge is 2.40. The fourth-order valence-corrected chi connectivity index (χ4v) is 12.5. The second-order valence-electron chi connectivity index (χ2n) is 22.9. The molecule has 508 valence electrons. The Morgan fingerprint density at radius 3 is 2.46 bits per heavy atom. The summed E-state index contributed by atoms with van der Waals surface area (Å²) in [6.45, 7) is 19.3. The number of nitrogens with zero attached hydrogens (tertiary/aromatic N) is 3. The summed E-state index contributed by atoms with van der Waals surface area (Å²) in [7, 11) is -0.0666. The number of hydrogen-bond acceptors (Lipinski definition) is 19. The number of benzene rings is 4. The number of anilines is 1. The van der Waals surface area contributed by atoms with E-state index in [1.54, 1.807) is 60.9 Å². The van der Waals surface area contributed by atoms with Crippen molar-refractivity contribution in [2.75, 3.05) is 91.3 Å². The lowest BCUT2D eigenvalue weighted by Gasteiger charge is -2.22. The molecular formula is C66H85N8O17PS2. The number of aryl methyl sites for hydroxylation is 2. The third-order valence-electron chi connectivity index (χ3n) is 14.4. The molecule has 0 spiro atoms. The molecule has 1 aromatic heterocycles. The first-order chi connectivity index (χ1) is 44.8. The van der Waals surface area contributed by atoms with Crippen molar-refractivity contribution in [3.8, 4) is 40.0 Å². The molecule has 3 aromatic carbocycles. The maximum atomic E-state index is 14.3. The van der Waals surface area contributed by atoms with Gasteiger partial charge in [0, 0.05) is 116 Å². The van der Waals surface area contributed by atoms with Crippen LogP contribution in [0.1, 0.15) is 111 Å². The van der Waals surface area contributed by atoms with Gasteiger partial charge in [-0.05, 0) is 101 Å². The molecule has 0 saturated carbocycles. The van der Waals surface area contributed by atoms with Crippen LogP contribution in [-0.2, 0) is 42.4 Å². The molecule has 25 nitrogen and oxygen atoms in total. The van der Waals surface area contributed by atoms with Crippen molar-refractivity contribution >= 4 is 69.7 Å². The van der Waals surface area contributed by atoms with Gasteiger partial charge in [-0.2, -0.15) is 0 Å². The minimum atomic E-state index is -4.86. The Bertz CT molecular complexity index is 3870. The van der Waals surface area contributed by atoms with Crippen LogP contribution in [0.3, 0.4) is 0 Å². The molecule has 3 heterocycles. The highest BCUT2D eigenvalue weighted by atomic mass is 33.1. The average Bonchev–Trinajstić information content (AvgIpc) is 0.897. The monoisotopic (exact) mass is 1360 g/mol. The lowest BCUT2D eigenvalue weighted by molar-refractivity contribution is -0.172. The molecular weight excluding hydrogens is 1270 g/mol. The zero-order valence-corrected chi connectivity index (χ0v) is 57.1. The number of phosphoric acid groups is 1. The maximum absolute atomic E-state index is 14.3. The van der Waals surface area contributed by atoms with Crippen molar-refractivity contribution in [2.45, 2.75) is 116 Å². The molecule has 94 heavy (non-hydrogen) atoms. The summed E-state index contributed by atoms with van der Waals surface area (Å²) in [5.41, 5.74) is 4.89. The van der Waals surface area contributed by atoms with E-state index in [0.29, 0.717) is 54.3 Å². The Labute approximate surface area is 554 Å². The number of carbonyl (C=O) groups is 4. The zero-order chi connectivity index (χ0) is 68.1. The van der Waals surface area contributed by atoms with E-state index < -0.39 is 61.7 Å². The highest BCUT2D eigenvalue weighted by Crippen LogP contribution is 2.44. The standard InChI is InChI=1S/C66H85N8O17PS2/c1-11-67-51-34-53-49(31-41(51)4)61(50-32-42(5)52(68-12-2)35-54(50)90-53)47-22-14-15-23-48(47)64(79)73(10)28-18-24-57(75)70-26-27-71-62(77)44-19-16-21-46(33-44)87-40-60(93-94-66(7,8)9)86-30-29-84-39-58(76)69-25-17-20-45-37-74(65(80)72-63(45)78)59-36-55(89-43(6)85-13-3)56(91-59)38-88-92(81,82)83/h14-16,19,21-23,31-35,37,43,55-56,59-60,67H,11-13,18,24-30,36,38-40H2,1-10H3,(H,69,76)(H,70,75)(H,71,77)(H,72,78,80)(H2,81,82,83)/b68-52-/t43-,55?,56+,59+,60?/m0/s1. The number of nitrogens with one attached hydrogen (secondary N) is 5. The number of aromatic nitrogens is 2. The maximum Gasteiger partial charge on any atom is 0.469 e. The highest BCUT2D eigenvalue weighted by molar-refractivity contribution is 8.77. The summed E-state index contributed by atoms with van der Waals surface area (Å²) in [5.74, 6) is 5.15. The van der Waals surface area contributed by atoms with Gasteiger partial charge >= 0.3 is 13.5 Å². The number of amides is 4. The van der Waals surface area contributed by atoms with Crippen LogP contribution >= 0.6 is 29.4 Å². The van der Waals surface area contributed by atoms with Crippen molar-refractivity contribution in [3.05, 3.63) is 133 Å². The van der Waals surface area contributed by atoms with Gasteiger partial charge in [0.25, 0.3) is 17.4 Å². The normalized spacial score (nSPS) is 15.7. The van der Waals surface area contributed by atoms with Gasteiger partial charge in [-0.25, -0.2) is 9.36 Å². The largest absolute Gasteiger partial charge is 0.490 e. The lowest BCUT2D eigenvalue weighted by atomic mass is 9.89. The third-order valence-corrected chi connectivity index (χ3v) is 18.4. The Balaban J connectivity index is 0.829. The molecule has 0 radical (unpaired) electrons. The van der Waals surface area contributed by atoms with E-state index in [4.69, 9.17) is 37.8 Å². The fraction of sp³-hybridized carbons (Fsp3) is 0.470. The molecule has 1 aliphatic carbocycles. The molecule has 7 N–H and O–H groups in total. The smallest absolute Gasteiger partial charge is 0.469 e. The van der Waals surface area contributed by atoms with E-state index in [1.165, 1.54) is 17.0 Å². The number of fused-ring (bicyclic) bond motifs is 2. The number of phosphoric ester groups is 1. The van der Waals surface area contributed by atoms with Crippen LogP contribution in [0, 0.1) is 25.7 Å². The number of H-pyrrole nitrogens is 1. The molecule has 5 atom stereocenters. The second kappa shape index (κ2) is 35.4. The predicted octanol–water partition coefficient (Wildman–Crippen LogP) is 7.67. The molecule has 4 amide bonds. The van der Waals surface area contributed by atoms with Gasteiger partial charge in [-0.1, -0.05) is 78.5 Å². The Morgan fingerprint density at radius 2 is 1.71 bits per heavy atom. The van der Waals surface area contributed by atoms with Crippen molar-refractivity contribution in [3.63, 3.8) is 0 Å². The van der Waals surface area contributed by atoms with Crippen LogP contribution < -0.4 is 42.6 Å². The topological polar surface area (TPSA) is 322 Å². The second-order valence-corrected chi connectivity index (χ2v) is 27.3. The van der Waals surface area contributed by atoms with Crippen molar-refractivity contribution in [1.82, 2.24) is 30.4 Å². The van der Waals surface area contributed by atoms with Crippen molar-refractivity contribution < 1.29 is 70.9 Å². The molecule has 3 aliphatic rings. The number of carbonyl (C=O) groups excluding carboxylic acids is 4. The van der Waals surface area contributed by atoms with E-state index in [1.807, 2.05) is 57.2 Å². The van der Waals surface area contributed by atoms with E-state index in [0.717, 1.165) is 55.4 Å². The molecule has 1 fully saturated rings. The Kier molecular flexibility index (Phi) is 27.9. The first kappa shape index (κ1) is 74.1. The van der Waals surface area contributed by atoms with Gasteiger partial charge in [0.05, 0.1) is 37.8 Å². The molecule has 2 unspecified atom stereocenters. The van der Waals surface area contributed by atoms with Crippen LogP contribution in [-0.4, -0.2) is 163 Å². The fourth-order valence-electron chi connectivity index (χ4n) is 10.0. The van der Waals surface area contributed by atoms with Gasteiger partial charge in [0.1, 0.15) is 53.6 Å². The average molecular weight is 1360 g/mol. The van der Waals surface area contributed by atoms with Crippen LogP contribution in [0.2, 0.25) is 0 Å². The minimum Gasteiger partial charge on any atom is -0.490 e. The van der Waals surface area contributed by atoms with Crippen LogP contribution in [0.5, 0.6) is 5.75 Å². The van der Waals surface area contributed by atoms with Crippen molar-refractivity contribution in [2.24, 2.45) is 4.99 Å². The molecule has 0 bridgehead atoms. The molecule has 28 heteroatoms. The van der Waals surface area contributed by atoms with E-state index >= 15 is 0 Å². The molecule has 1 saturated heterocycles. The zero-order valence-electron chi connectivity index (χ0n) is 54.6. The first-order valence-electron chi connectivity index (χ1n) is 31.0. The Hall–Kier alpha value is -7.32. The predicted molar refractivity (Wildman–Crippen MR) is 361 cm³/mol. The van der Waals surface area contributed by atoms with Gasteiger partial charge in [0.2, 0.25) is 11.8 Å². The summed E-state index contributed by atoms with van der Waals surface area (Å²) in [6.07, 6.45) is -1.76. The number of hydrogen-bond donors (Lipinski definition) is 7. The number of ether oxygens (including phenoxy) is 6. The Morgan fingerprint density at radius 1 is 0.936 bits per heavy atom. The van der Waals surface area contributed by atoms with Crippen molar-refractivity contribution in [1.29, 1.82) is 0 Å². The summed E-state index contributed by atoms with van der Waals surface area (Å²) < 4.78 is 58.5. The van der Waals surface area contributed by atoms with Gasteiger partial charge in [-0.15, -0.1) is 0 Å². The minimum absolute atomic E-state index is 0.0373. The van der Waals surface area contributed by atoms with E-state index in [-0.39, 0.29) is 86.9 Å².